The quantitative estimate of drug-likeness (QED) is 0.0473. The number of ether oxygens (including phenoxy) is 10. The van der Waals surface area contributed by atoms with Crippen LogP contribution in [0.3, 0.4) is 0 Å². The zero-order chi connectivity index (χ0) is 97.5. The van der Waals surface area contributed by atoms with Crippen LogP contribution in [0.2, 0.25) is 0 Å². The monoisotopic (exact) mass is 1890 g/mol. The van der Waals surface area contributed by atoms with E-state index in [9.17, 15) is 33.6 Å². The Morgan fingerprint density at radius 1 is 0.353 bits per heavy atom. The third-order valence-electron chi connectivity index (χ3n) is 25.1. The van der Waals surface area contributed by atoms with Crippen molar-refractivity contribution in [1.29, 1.82) is 0 Å². The summed E-state index contributed by atoms with van der Waals surface area (Å²) in [5, 5.41) is 24.3. The second-order valence-corrected chi connectivity index (χ2v) is 33.7. The maximum Gasteiger partial charge on any atom is 0.258 e. The Labute approximate surface area is 800 Å². The van der Waals surface area contributed by atoms with E-state index in [1.807, 2.05) is 123 Å². The molecule has 139 heavy (non-hydrogen) atoms. The van der Waals surface area contributed by atoms with Crippen molar-refractivity contribution in [3.05, 3.63) is 281 Å². The van der Waals surface area contributed by atoms with Crippen molar-refractivity contribution in [3.63, 3.8) is 0 Å². The summed E-state index contributed by atoms with van der Waals surface area (Å²) in [6, 6.07) is 50.5. The van der Waals surface area contributed by atoms with Gasteiger partial charge < -0.3 is 88.5 Å². The van der Waals surface area contributed by atoms with Crippen molar-refractivity contribution in [2.45, 2.75) is 45.1 Å². The molecular formula is C104H113FN18O16. The molecule has 722 valence electrons. The average molecular weight is 1890 g/mol. The lowest BCUT2D eigenvalue weighted by Crippen LogP contribution is -2.49. The SMILES string of the molecule is COc1cc(-c2cc(=O)n3cc(N4CCNCC4)ccc3n2)cc(F)c1OC.COc1ccc(-c2cc(=O)n3cc(C4=CCNCC4)ccc3n2)cc1OC.COc1ccc(-c2cc(=O)n3cc(C4CCNCC4)ccc3n2)cc1OC.COc1ccc(-c2cc(=O)n3cc(N4CCN(O)CC4)ccc3n2)cc1OC.COc1ccc(-c2cc(=O)n3cc(N4CCN[C@@H](C)C4)cc(C)c3n2)cc1OC. The van der Waals surface area contributed by atoms with Crippen LogP contribution in [-0.4, -0.2) is 233 Å². The Morgan fingerprint density at radius 3 is 1.20 bits per heavy atom. The van der Waals surface area contributed by atoms with Crippen LogP contribution in [0, 0.1) is 12.7 Å². The number of piperidine rings is 1. The Hall–Kier alpha value is -15.3. The molecule has 15 aromatic rings. The van der Waals surface area contributed by atoms with Gasteiger partial charge in [0.25, 0.3) is 27.8 Å². The van der Waals surface area contributed by atoms with E-state index < -0.39 is 5.82 Å². The number of hydrogen-bond donors (Lipinski definition) is 5. The number of aromatic nitrogens is 10. The maximum atomic E-state index is 14.3. The number of pyridine rings is 5. The van der Waals surface area contributed by atoms with E-state index in [0.29, 0.717) is 146 Å². The van der Waals surface area contributed by atoms with Crippen LogP contribution in [0.15, 0.2) is 231 Å². The van der Waals surface area contributed by atoms with Crippen molar-refractivity contribution in [2.75, 3.05) is 184 Å². The topological polar surface area (TPSA) is 345 Å². The highest BCUT2D eigenvalue weighted by molar-refractivity contribution is 5.74. The van der Waals surface area contributed by atoms with Gasteiger partial charge in [0, 0.05) is 174 Å². The molecule has 34 nitrogen and oxygen atoms in total. The third kappa shape index (κ3) is 22.1. The van der Waals surface area contributed by atoms with Gasteiger partial charge in [0.2, 0.25) is 0 Å². The average Bonchev–Trinajstić information content (AvgIpc) is 0.786. The second kappa shape index (κ2) is 44.2. The predicted octanol–water partition coefficient (Wildman–Crippen LogP) is 11.9. The molecule has 0 spiro atoms. The van der Waals surface area contributed by atoms with Gasteiger partial charge in [-0.15, -0.1) is 0 Å². The number of methoxy groups -OCH3 is 10. The molecule has 0 radical (unpaired) electrons. The first-order chi connectivity index (χ1) is 67.6. The van der Waals surface area contributed by atoms with Gasteiger partial charge in [-0.1, -0.05) is 12.1 Å². The highest BCUT2D eigenvalue weighted by Crippen LogP contribution is 2.39. The lowest BCUT2D eigenvalue weighted by Gasteiger charge is -2.33. The van der Waals surface area contributed by atoms with Crippen molar-refractivity contribution >= 4 is 50.9 Å². The normalized spacial score (nSPS) is 15.1. The third-order valence-corrected chi connectivity index (χ3v) is 25.1. The molecule has 10 aromatic heterocycles. The molecule has 0 aliphatic carbocycles. The summed E-state index contributed by atoms with van der Waals surface area (Å²) in [5.74, 6) is 5.12. The standard InChI is InChI=1S/C22H26N4O3.C21H23N3O3.C21H21N3O3.C20H21FN4O3.C20H22N4O4/c1-14-9-17(25-8-7-23-15(2)12-25)13-26-21(27)11-18(24-22(14)26)16-5-6-19(28-3)20(10-16)29-4;2*1-26-18-5-3-15(11-19(18)27-2)17-12-21(25)24-13-16(4-6-20(24)23-17)14-7-9-22-10-8-14;1-27-17-10-13(9-15(21)20(17)28-2)16-11-19(26)25-12-14(3-4-18(25)23-16)24-7-5-22-6-8-24;1-27-17-5-3-14(11-18(17)28-2)16-12-20(25)24-13-15(4-6-19(24)21-16)22-7-9-23(26)10-8-22/h5-6,9-11,13,15,23H,7-8,12H2,1-4H3;3-6,11-14,22H,7-10H2,1-2H3;3-7,11-13,22H,8-10H2,1-2H3;3-4,9-12,22H,5-8H2,1-2H3;3-6,11-13,26H,7-10H2,1-2H3/t15-;;;;/m0..../s1. The fourth-order valence-electron chi connectivity index (χ4n) is 17.6. The molecule has 1 atom stereocenters. The van der Waals surface area contributed by atoms with Crippen LogP contribution in [0.1, 0.15) is 48.8 Å². The first kappa shape index (κ1) is 96.8. The molecule has 0 saturated carbocycles. The van der Waals surface area contributed by atoms with E-state index in [0.717, 1.165) is 142 Å². The number of hydroxylamine groups is 2. The van der Waals surface area contributed by atoms with E-state index in [1.54, 1.807) is 129 Å². The number of halogens is 1. The minimum atomic E-state index is -0.576. The summed E-state index contributed by atoms with van der Waals surface area (Å²) >= 11 is 0. The summed E-state index contributed by atoms with van der Waals surface area (Å²) in [6.45, 7) is 16.9. The molecule has 5 aliphatic heterocycles. The zero-order valence-corrected chi connectivity index (χ0v) is 79.7. The molecule has 5 aliphatic rings. The molecular weight excluding hydrogens is 1780 g/mol. The molecule has 35 heteroatoms. The van der Waals surface area contributed by atoms with Gasteiger partial charge in [0.05, 0.1) is 117 Å². The number of rotatable bonds is 20. The molecule has 15 heterocycles. The van der Waals surface area contributed by atoms with Crippen LogP contribution in [-0.2, 0) is 0 Å². The first-order valence-electron chi connectivity index (χ1n) is 45.8. The fourth-order valence-corrected chi connectivity index (χ4v) is 17.6. The van der Waals surface area contributed by atoms with Crippen LogP contribution in [0.25, 0.3) is 90.1 Å². The van der Waals surface area contributed by atoms with Crippen LogP contribution in [0.4, 0.5) is 21.5 Å². The number of anilines is 3. The molecule has 4 fully saturated rings. The Morgan fingerprint density at radius 2 is 0.748 bits per heavy atom. The van der Waals surface area contributed by atoms with Gasteiger partial charge in [0.1, 0.15) is 28.2 Å². The summed E-state index contributed by atoms with van der Waals surface area (Å²) < 4.78 is 75.0. The second-order valence-electron chi connectivity index (χ2n) is 33.7. The van der Waals surface area contributed by atoms with E-state index >= 15 is 0 Å². The molecule has 20 rings (SSSR count). The minimum Gasteiger partial charge on any atom is -0.493 e. The number of hydrogen-bond acceptors (Lipinski definition) is 29. The van der Waals surface area contributed by atoms with Crippen LogP contribution in [0.5, 0.6) is 57.5 Å². The van der Waals surface area contributed by atoms with Gasteiger partial charge >= 0.3 is 0 Å². The van der Waals surface area contributed by atoms with Crippen LogP contribution < -0.4 is 111 Å². The lowest BCUT2D eigenvalue weighted by atomic mass is 9.91. The minimum absolute atomic E-state index is 0.0180. The van der Waals surface area contributed by atoms with Crippen molar-refractivity contribution < 1.29 is 57.0 Å². The summed E-state index contributed by atoms with van der Waals surface area (Å²) in [6.07, 6.45) is 14.6. The van der Waals surface area contributed by atoms with Crippen molar-refractivity contribution in [1.82, 2.24) is 73.3 Å². The number of benzene rings is 5. The van der Waals surface area contributed by atoms with E-state index in [1.165, 1.54) is 53.0 Å². The number of nitrogens with one attached hydrogen (secondary N) is 4. The molecule has 0 unspecified atom stereocenters. The highest BCUT2D eigenvalue weighted by Gasteiger charge is 2.25. The highest BCUT2D eigenvalue weighted by atomic mass is 19.1. The van der Waals surface area contributed by atoms with Crippen LogP contribution >= 0.6 is 0 Å². The number of nitrogens with zero attached hydrogens (tertiary/aromatic N) is 14. The number of piperazine rings is 3. The number of fused-ring (bicyclic) bond motifs is 5. The predicted molar refractivity (Wildman–Crippen MR) is 535 cm³/mol. The molecule has 0 bridgehead atoms. The Bertz CT molecular complexity index is 7360. The summed E-state index contributed by atoms with van der Waals surface area (Å²) in [4.78, 5) is 93.8. The van der Waals surface area contributed by atoms with Crippen molar-refractivity contribution in [3.8, 4) is 114 Å². The largest absolute Gasteiger partial charge is 0.493 e. The molecule has 0 amide bonds. The van der Waals surface area contributed by atoms with Gasteiger partial charge in [-0.2, -0.15) is 5.06 Å². The Kier molecular flexibility index (Phi) is 30.8. The van der Waals surface area contributed by atoms with Gasteiger partial charge in [-0.05, 0) is 214 Å². The molecule has 4 saturated heterocycles. The molecule has 5 N–H and O–H groups in total. The zero-order valence-electron chi connectivity index (χ0n) is 79.7. The smallest absolute Gasteiger partial charge is 0.258 e. The first-order valence-corrected chi connectivity index (χ1v) is 45.8. The summed E-state index contributed by atoms with van der Waals surface area (Å²) in [5.41, 5.74) is 16.2. The maximum absolute atomic E-state index is 14.3. The lowest BCUT2D eigenvalue weighted by molar-refractivity contribution is -0.0935. The number of aryl methyl sites for hydroxylation is 1. The summed E-state index contributed by atoms with van der Waals surface area (Å²) in [7, 11) is 15.5. The van der Waals surface area contributed by atoms with Crippen molar-refractivity contribution in [2.24, 2.45) is 0 Å². The van der Waals surface area contributed by atoms with E-state index in [4.69, 9.17) is 52.4 Å². The molecule has 5 aromatic carbocycles. The van der Waals surface area contributed by atoms with E-state index in [-0.39, 0.29) is 39.3 Å². The van der Waals surface area contributed by atoms with Gasteiger partial charge in [-0.3, -0.25) is 46.0 Å². The van der Waals surface area contributed by atoms with E-state index in [2.05, 4.69) is 81.0 Å². The van der Waals surface area contributed by atoms with Gasteiger partial charge in [0.15, 0.2) is 63.3 Å². The Balaban J connectivity index is 0.000000125. The fraction of sp³-hybridized carbons (Fsp3) is 0.308. The van der Waals surface area contributed by atoms with Gasteiger partial charge in [-0.25, -0.2) is 29.3 Å².